The van der Waals surface area contributed by atoms with Crippen LogP contribution in [0.25, 0.3) is 0 Å². The highest BCUT2D eigenvalue weighted by Crippen LogP contribution is 2.16. The predicted octanol–water partition coefficient (Wildman–Crippen LogP) is 2.21. The Morgan fingerprint density at radius 1 is 0.958 bits per heavy atom. The Kier molecular flexibility index (Phi) is 5.58. The van der Waals surface area contributed by atoms with Crippen molar-refractivity contribution in [3.8, 4) is 0 Å². The van der Waals surface area contributed by atoms with E-state index in [-0.39, 0.29) is 16.2 Å². The first-order chi connectivity index (χ1) is 11.3. The van der Waals surface area contributed by atoms with Crippen LogP contribution in [0.1, 0.15) is 27.6 Å². The molecule has 0 aliphatic rings. The van der Waals surface area contributed by atoms with Crippen LogP contribution >= 0.6 is 11.6 Å². The molecule has 0 spiro atoms. The SMILES string of the molecule is CCS(=O)(=O)c1ccccc1C(=O)NNC(=O)c1ccc(Cl)cc1. The molecular formula is C16H15ClN2O4S. The lowest BCUT2D eigenvalue weighted by Gasteiger charge is -2.11. The Labute approximate surface area is 144 Å². The minimum Gasteiger partial charge on any atom is -0.267 e. The fraction of sp³-hybridized carbons (Fsp3) is 0.125. The molecule has 0 radical (unpaired) electrons. The van der Waals surface area contributed by atoms with Gasteiger partial charge in [-0.1, -0.05) is 30.7 Å². The molecule has 126 valence electrons. The molecular weight excluding hydrogens is 352 g/mol. The smallest absolute Gasteiger partial charge is 0.267 e. The largest absolute Gasteiger partial charge is 0.271 e. The fourth-order valence-corrected chi connectivity index (χ4v) is 3.15. The molecule has 0 aliphatic heterocycles. The van der Waals surface area contributed by atoms with E-state index in [9.17, 15) is 18.0 Å². The van der Waals surface area contributed by atoms with Crippen molar-refractivity contribution in [2.45, 2.75) is 11.8 Å². The van der Waals surface area contributed by atoms with Gasteiger partial charge in [0.1, 0.15) is 0 Å². The maximum atomic E-state index is 12.2. The third-order valence-corrected chi connectivity index (χ3v) is 5.28. The number of nitrogens with one attached hydrogen (secondary N) is 2. The number of hydrazine groups is 1. The monoisotopic (exact) mass is 366 g/mol. The fourth-order valence-electron chi connectivity index (χ4n) is 1.94. The number of benzene rings is 2. The number of carbonyl (C=O) groups is 2. The number of hydrogen-bond acceptors (Lipinski definition) is 4. The molecule has 2 rings (SSSR count). The van der Waals surface area contributed by atoms with Gasteiger partial charge in [0, 0.05) is 10.6 Å². The number of sulfone groups is 1. The van der Waals surface area contributed by atoms with Crippen LogP contribution in [0.15, 0.2) is 53.4 Å². The topological polar surface area (TPSA) is 92.3 Å². The zero-order valence-electron chi connectivity index (χ0n) is 12.7. The Hall–Kier alpha value is -2.38. The maximum Gasteiger partial charge on any atom is 0.271 e. The molecule has 0 aliphatic carbocycles. The lowest BCUT2D eigenvalue weighted by molar-refractivity contribution is 0.0845. The normalized spacial score (nSPS) is 10.9. The van der Waals surface area contributed by atoms with Crippen molar-refractivity contribution in [3.63, 3.8) is 0 Å². The van der Waals surface area contributed by atoms with E-state index in [1.807, 2.05) is 0 Å². The molecule has 0 aromatic heterocycles. The Morgan fingerprint density at radius 3 is 2.17 bits per heavy atom. The second kappa shape index (κ2) is 7.46. The quantitative estimate of drug-likeness (QED) is 0.811. The highest BCUT2D eigenvalue weighted by atomic mass is 35.5. The van der Waals surface area contributed by atoms with Crippen LogP contribution in [0.3, 0.4) is 0 Å². The summed E-state index contributed by atoms with van der Waals surface area (Å²) in [5.74, 6) is -1.39. The second-order valence-electron chi connectivity index (χ2n) is 4.81. The highest BCUT2D eigenvalue weighted by molar-refractivity contribution is 7.91. The third kappa shape index (κ3) is 4.12. The molecule has 24 heavy (non-hydrogen) atoms. The molecule has 0 atom stereocenters. The molecule has 8 heteroatoms. The summed E-state index contributed by atoms with van der Waals surface area (Å²) in [7, 11) is -3.56. The summed E-state index contributed by atoms with van der Waals surface area (Å²) >= 11 is 5.74. The molecule has 2 aromatic carbocycles. The molecule has 0 bridgehead atoms. The van der Waals surface area contributed by atoms with Gasteiger partial charge in [-0.15, -0.1) is 0 Å². The minimum absolute atomic E-state index is 0.0317. The van der Waals surface area contributed by atoms with Gasteiger partial charge in [0.05, 0.1) is 16.2 Å². The highest BCUT2D eigenvalue weighted by Gasteiger charge is 2.20. The van der Waals surface area contributed by atoms with E-state index in [1.165, 1.54) is 37.3 Å². The molecule has 6 nitrogen and oxygen atoms in total. The summed E-state index contributed by atoms with van der Waals surface area (Å²) in [4.78, 5) is 24.1. The average molecular weight is 367 g/mol. The van der Waals surface area contributed by atoms with Crippen molar-refractivity contribution < 1.29 is 18.0 Å². The standard InChI is InChI=1S/C16H15ClN2O4S/c1-2-24(22,23)14-6-4-3-5-13(14)16(21)19-18-15(20)11-7-9-12(17)10-8-11/h3-10H,2H2,1H3,(H,18,20)(H,19,21). The van der Waals surface area contributed by atoms with Crippen molar-refractivity contribution in [2.75, 3.05) is 5.75 Å². The van der Waals surface area contributed by atoms with Gasteiger partial charge in [0.2, 0.25) is 0 Å². The van der Waals surface area contributed by atoms with Crippen LogP contribution in [-0.4, -0.2) is 26.0 Å². The van der Waals surface area contributed by atoms with Crippen molar-refractivity contribution in [1.29, 1.82) is 0 Å². The molecule has 0 heterocycles. The zero-order chi connectivity index (χ0) is 17.7. The number of hydrogen-bond donors (Lipinski definition) is 2. The summed E-state index contributed by atoms with van der Waals surface area (Å²) < 4.78 is 24.1. The van der Waals surface area contributed by atoms with Crippen LogP contribution < -0.4 is 10.9 Å². The molecule has 2 amide bonds. The number of carbonyl (C=O) groups excluding carboxylic acids is 2. The van der Waals surface area contributed by atoms with Gasteiger partial charge < -0.3 is 0 Å². The molecule has 0 saturated heterocycles. The predicted molar refractivity (Wildman–Crippen MR) is 90.6 cm³/mol. The van der Waals surface area contributed by atoms with Crippen molar-refractivity contribution in [3.05, 3.63) is 64.7 Å². The van der Waals surface area contributed by atoms with Crippen molar-refractivity contribution in [2.24, 2.45) is 0 Å². The van der Waals surface area contributed by atoms with E-state index in [0.717, 1.165) is 0 Å². The van der Waals surface area contributed by atoms with Gasteiger partial charge in [-0.25, -0.2) is 8.42 Å². The first-order valence-electron chi connectivity index (χ1n) is 7.03. The van der Waals surface area contributed by atoms with E-state index >= 15 is 0 Å². The Balaban J connectivity index is 2.14. The number of rotatable bonds is 4. The maximum absolute atomic E-state index is 12.2. The minimum atomic E-state index is -3.56. The van der Waals surface area contributed by atoms with Gasteiger partial charge in [0.15, 0.2) is 9.84 Å². The van der Waals surface area contributed by atoms with Gasteiger partial charge in [-0.2, -0.15) is 0 Å². The van der Waals surface area contributed by atoms with Crippen LogP contribution in [0.4, 0.5) is 0 Å². The molecule has 0 fully saturated rings. The summed E-state index contributed by atoms with van der Waals surface area (Å²) in [6, 6.07) is 11.9. The summed E-state index contributed by atoms with van der Waals surface area (Å²) in [6.45, 7) is 1.49. The Bertz CT molecular complexity index is 864. The van der Waals surface area contributed by atoms with E-state index in [0.29, 0.717) is 10.6 Å². The van der Waals surface area contributed by atoms with E-state index < -0.39 is 21.7 Å². The van der Waals surface area contributed by atoms with Crippen LogP contribution in [-0.2, 0) is 9.84 Å². The number of amides is 2. The Morgan fingerprint density at radius 2 is 1.54 bits per heavy atom. The summed E-state index contributed by atoms with van der Waals surface area (Å²) in [6.07, 6.45) is 0. The van der Waals surface area contributed by atoms with Crippen LogP contribution in [0.2, 0.25) is 5.02 Å². The number of halogens is 1. The van der Waals surface area contributed by atoms with E-state index in [1.54, 1.807) is 18.2 Å². The van der Waals surface area contributed by atoms with Crippen molar-refractivity contribution in [1.82, 2.24) is 10.9 Å². The average Bonchev–Trinajstić information content (AvgIpc) is 2.60. The van der Waals surface area contributed by atoms with Gasteiger partial charge in [0.25, 0.3) is 11.8 Å². The second-order valence-corrected chi connectivity index (χ2v) is 7.50. The molecule has 0 saturated carbocycles. The summed E-state index contributed by atoms with van der Waals surface area (Å²) in [5.41, 5.74) is 4.72. The van der Waals surface area contributed by atoms with Gasteiger partial charge in [-0.3, -0.25) is 20.4 Å². The van der Waals surface area contributed by atoms with E-state index in [4.69, 9.17) is 11.6 Å². The van der Waals surface area contributed by atoms with Crippen molar-refractivity contribution >= 4 is 33.3 Å². The van der Waals surface area contributed by atoms with Crippen LogP contribution in [0, 0.1) is 0 Å². The van der Waals surface area contributed by atoms with Crippen LogP contribution in [0.5, 0.6) is 0 Å². The first kappa shape index (κ1) is 18.0. The molecule has 2 aromatic rings. The van der Waals surface area contributed by atoms with Gasteiger partial charge >= 0.3 is 0 Å². The molecule has 2 N–H and O–H groups in total. The van der Waals surface area contributed by atoms with E-state index in [2.05, 4.69) is 10.9 Å². The zero-order valence-corrected chi connectivity index (χ0v) is 14.3. The third-order valence-electron chi connectivity index (χ3n) is 3.24. The lowest BCUT2D eigenvalue weighted by Crippen LogP contribution is -2.42. The summed E-state index contributed by atoms with van der Waals surface area (Å²) in [5, 5.41) is 0.481. The first-order valence-corrected chi connectivity index (χ1v) is 9.06. The van der Waals surface area contributed by atoms with Gasteiger partial charge in [-0.05, 0) is 36.4 Å². The lowest BCUT2D eigenvalue weighted by atomic mass is 10.2. The molecule has 0 unspecified atom stereocenters.